The zero-order valence-electron chi connectivity index (χ0n) is 16.7. The molecule has 1 N–H and O–H groups in total. The topological polar surface area (TPSA) is 98.1 Å². The number of sulfone groups is 1. The maximum Gasteiger partial charge on any atom is 0.263 e. The summed E-state index contributed by atoms with van der Waals surface area (Å²) < 4.78 is 24.8. The van der Waals surface area contributed by atoms with E-state index in [1.807, 2.05) is 22.9 Å². The van der Waals surface area contributed by atoms with Gasteiger partial charge in [-0.25, -0.2) is 13.4 Å². The molecule has 4 rings (SSSR count). The molecule has 11 heteroatoms. The van der Waals surface area contributed by atoms with Gasteiger partial charge in [0.2, 0.25) is 5.91 Å². The fourth-order valence-electron chi connectivity index (χ4n) is 3.44. The molecule has 1 aliphatic heterocycles. The normalized spacial score (nSPS) is 18.8. The summed E-state index contributed by atoms with van der Waals surface area (Å²) in [6, 6.07) is 3.55. The number of hydrogen-bond acceptors (Lipinski definition) is 8. The van der Waals surface area contributed by atoms with Gasteiger partial charge in [0.05, 0.1) is 22.1 Å². The molecule has 0 bridgehead atoms. The molecule has 0 radical (unpaired) electrons. The minimum Gasteiger partial charge on any atom is -0.351 e. The lowest BCUT2D eigenvalue weighted by Crippen LogP contribution is -2.40. The molecule has 4 heterocycles. The van der Waals surface area contributed by atoms with Crippen molar-refractivity contribution in [3.05, 3.63) is 45.9 Å². The lowest BCUT2D eigenvalue weighted by Gasteiger charge is -2.17. The summed E-state index contributed by atoms with van der Waals surface area (Å²) in [5.41, 5.74) is 0.710. The van der Waals surface area contributed by atoms with Gasteiger partial charge in [-0.15, -0.1) is 29.3 Å². The minimum absolute atomic E-state index is 0.0256. The lowest BCUT2D eigenvalue weighted by molar-refractivity contribution is -0.120. The standard InChI is InChI=1S/C20H21N3O4S4/c1-3-7-23-19(25)16-14(15-5-4-8-28-15)10-29-18(16)22-20(23)30-12(2)17(24)21-13-6-9-31(26,27)11-13/h3-5,8,10,12-13H,1,6-7,9,11H2,2H3,(H,21,24). The maximum absolute atomic E-state index is 13.3. The van der Waals surface area contributed by atoms with Crippen LogP contribution < -0.4 is 10.9 Å². The number of nitrogens with zero attached hydrogens (tertiary/aromatic N) is 2. The highest BCUT2D eigenvalue weighted by atomic mass is 32.2. The molecule has 1 saturated heterocycles. The van der Waals surface area contributed by atoms with E-state index in [2.05, 4.69) is 16.9 Å². The zero-order valence-corrected chi connectivity index (χ0v) is 20.0. The van der Waals surface area contributed by atoms with Crippen molar-refractivity contribution < 1.29 is 13.2 Å². The Labute approximate surface area is 192 Å². The van der Waals surface area contributed by atoms with E-state index in [-0.39, 0.29) is 35.6 Å². The van der Waals surface area contributed by atoms with Crippen molar-refractivity contribution in [2.75, 3.05) is 11.5 Å². The van der Waals surface area contributed by atoms with Crippen molar-refractivity contribution in [3.63, 3.8) is 0 Å². The minimum atomic E-state index is -3.07. The number of amides is 1. The van der Waals surface area contributed by atoms with E-state index in [9.17, 15) is 18.0 Å². The van der Waals surface area contributed by atoms with Gasteiger partial charge in [0.15, 0.2) is 15.0 Å². The number of carbonyl (C=O) groups is 1. The second kappa shape index (κ2) is 8.89. The summed E-state index contributed by atoms with van der Waals surface area (Å²) in [4.78, 5) is 32.3. The van der Waals surface area contributed by atoms with Gasteiger partial charge >= 0.3 is 0 Å². The van der Waals surface area contributed by atoms with Crippen molar-refractivity contribution in [1.82, 2.24) is 14.9 Å². The number of allylic oxidation sites excluding steroid dienone is 1. The van der Waals surface area contributed by atoms with Crippen molar-refractivity contribution in [2.45, 2.75) is 36.3 Å². The fourth-order valence-corrected chi connectivity index (χ4v) is 7.84. The van der Waals surface area contributed by atoms with Crippen molar-refractivity contribution in [2.24, 2.45) is 0 Å². The number of thioether (sulfide) groups is 1. The second-order valence-electron chi connectivity index (χ2n) is 7.27. The number of thiophene rings is 2. The highest BCUT2D eigenvalue weighted by Gasteiger charge is 2.30. The molecule has 0 aromatic carbocycles. The molecule has 3 aromatic heterocycles. The third kappa shape index (κ3) is 4.64. The summed E-state index contributed by atoms with van der Waals surface area (Å²) in [6.07, 6.45) is 2.06. The summed E-state index contributed by atoms with van der Waals surface area (Å²) in [7, 11) is -3.07. The predicted octanol–water partition coefficient (Wildman–Crippen LogP) is 3.16. The van der Waals surface area contributed by atoms with E-state index < -0.39 is 15.1 Å². The van der Waals surface area contributed by atoms with E-state index in [1.165, 1.54) is 27.7 Å². The Morgan fingerprint density at radius 3 is 2.94 bits per heavy atom. The largest absolute Gasteiger partial charge is 0.351 e. The monoisotopic (exact) mass is 495 g/mol. The number of fused-ring (bicyclic) bond motifs is 1. The van der Waals surface area contributed by atoms with Crippen molar-refractivity contribution >= 4 is 60.4 Å². The van der Waals surface area contributed by atoms with Crippen LogP contribution in [0.15, 0.2) is 45.5 Å². The van der Waals surface area contributed by atoms with Crippen LogP contribution in [-0.4, -0.2) is 46.7 Å². The summed E-state index contributed by atoms with van der Waals surface area (Å²) in [5, 5.41) is 7.19. The van der Waals surface area contributed by atoms with Crippen LogP contribution in [-0.2, 0) is 21.2 Å². The molecule has 164 valence electrons. The highest BCUT2D eigenvalue weighted by molar-refractivity contribution is 8.00. The Morgan fingerprint density at radius 1 is 1.48 bits per heavy atom. The molecule has 2 atom stereocenters. The molecule has 31 heavy (non-hydrogen) atoms. The Bertz CT molecular complexity index is 1290. The van der Waals surface area contributed by atoms with E-state index in [0.717, 1.165) is 10.4 Å². The smallest absolute Gasteiger partial charge is 0.263 e. The number of nitrogens with one attached hydrogen (secondary N) is 1. The number of rotatable bonds is 7. The average Bonchev–Trinajstić information content (AvgIpc) is 3.44. The van der Waals surface area contributed by atoms with Gasteiger partial charge in [-0.2, -0.15) is 0 Å². The Hall–Kier alpha value is -1.95. The van der Waals surface area contributed by atoms with E-state index in [1.54, 1.807) is 24.3 Å². The number of aromatic nitrogens is 2. The van der Waals surface area contributed by atoms with E-state index in [4.69, 9.17) is 0 Å². The fraction of sp³-hybridized carbons (Fsp3) is 0.350. The van der Waals surface area contributed by atoms with Gasteiger partial charge in [-0.1, -0.05) is 23.9 Å². The number of hydrogen-bond donors (Lipinski definition) is 1. The molecule has 7 nitrogen and oxygen atoms in total. The van der Waals surface area contributed by atoms with Gasteiger partial charge in [0.25, 0.3) is 5.56 Å². The summed E-state index contributed by atoms with van der Waals surface area (Å²) in [6.45, 7) is 5.75. The second-order valence-corrected chi connectivity index (χ2v) is 12.6. The Kier molecular flexibility index (Phi) is 6.38. The van der Waals surface area contributed by atoms with Gasteiger partial charge in [0, 0.05) is 28.4 Å². The first kappa shape index (κ1) is 22.3. The van der Waals surface area contributed by atoms with Crippen molar-refractivity contribution in [3.8, 4) is 10.4 Å². The Morgan fingerprint density at radius 2 is 2.29 bits per heavy atom. The molecule has 1 aliphatic rings. The number of carbonyl (C=O) groups excluding carboxylic acids is 1. The third-order valence-electron chi connectivity index (χ3n) is 4.99. The molecular formula is C20H21N3O4S4. The quantitative estimate of drug-likeness (QED) is 0.307. The first-order chi connectivity index (χ1) is 14.8. The van der Waals surface area contributed by atoms with Crippen LogP contribution in [0.4, 0.5) is 0 Å². The van der Waals surface area contributed by atoms with Crippen molar-refractivity contribution in [1.29, 1.82) is 0 Å². The summed E-state index contributed by atoms with van der Waals surface area (Å²) in [5.74, 6) is -0.193. The van der Waals surface area contributed by atoms with Gasteiger partial charge in [-0.3, -0.25) is 14.2 Å². The molecule has 1 fully saturated rings. The van der Waals surface area contributed by atoms with Gasteiger partial charge < -0.3 is 5.32 Å². The molecule has 0 spiro atoms. The third-order valence-corrected chi connectivity index (χ3v) is 9.62. The molecular weight excluding hydrogens is 475 g/mol. The molecule has 2 unspecified atom stereocenters. The first-order valence-electron chi connectivity index (χ1n) is 9.63. The van der Waals surface area contributed by atoms with Crippen LogP contribution in [0.25, 0.3) is 20.7 Å². The zero-order chi connectivity index (χ0) is 22.2. The van der Waals surface area contributed by atoms with Gasteiger partial charge in [-0.05, 0) is 24.8 Å². The van der Waals surface area contributed by atoms with E-state index in [0.29, 0.717) is 21.8 Å². The first-order valence-corrected chi connectivity index (χ1v) is 14.1. The van der Waals surface area contributed by atoms with Crippen LogP contribution in [0.2, 0.25) is 0 Å². The van der Waals surface area contributed by atoms with Gasteiger partial charge in [0.1, 0.15) is 4.83 Å². The maximum atomic E-state index is 13.3. The van der Waals surface area contributed by atoms with Crippen LogP contribution in [0.1, 0.15) is 13.3 Å². The molecule has 0 saturated carbocycles. The van der Waals surface area contributed by atoms with Crippen LogP contribution in [0.3, 0.4) is 0 Å². The molecule has 1 amide bonds. The molecule has 3 aromatic rings. The van der Waals surface area contributed by atoms with Crippen LogP contribution in [0.5, 0.6) is 0 Å². The lowest BCUT2D eigenvalue weighted by atomic mass is 10.2. The highest BCUT2D eigenvalue weighted by Crippen LogP contribution is 2.35. The molecule has 0 aliphatic carbocycles. The predicted molar refractivity (Wildman–Crippen MR) is 128 cm³/mol. The Balaban J connectivity index is 1.62. The van der Waals surface area contributed by atoms with Crippen LogP contribution >= 0.6 is 34.4 Å². The van der Waals surface area contributed by atoms with Crippen LogP contribution in [0, 0.1) is 0 Å². The SMILES string of the molecule is C=CCn1c(SC(C)C(=O)NC2CCS(=O)(=O)C2)nc2scc(-c3cccs3)c2c1=O. The summed E-state index contributed by atoms with van der Waals surface area (Å²) >= 11 is 4.16. The van der Waals surface area contributed by atoms with E-state index >= 15 is 0 Å². The average molecular weight is 496 g/mol.